The number of amides is 2. The SMILES string of the molecule is C=C(Cl)CNC(=O)NC[C@H](CC(=O)O)CC(C)C. The van der Waals surface area contributed by atoms with Gasteiger partial charge in [-0.1, -0.05) is 32.0 Å². The molecule has 0 bridgehead atoms. The van der Waals surface area contributed by atoms with E-state index in [4.69, 9.17) is 16.7 Å². The smallest absolute Gasteiger partial charge is 0.315 e. The predicted octanol–water partition coefficient (Wildman–Crippen LogP) is 2.18. The highest BCUT2D eigenvalue weighted by Gasteiger charge is 2.15. The Morgan fingerprint density at radius 3 is 2.39 bits per heavy atom. The van der Waals surface area contributed by atoms with E-state index in [0.29, 0.717) is 17.5 Å². The summed E-state index contributed by atoms with van der Waals surface area (Å²) in [6.07, 6.45) is 0.815. The lowest BCUT2D eigenvalue weighted by molar-refractivity contribution is -0.138. The van der Waals surface area contributed by atoms with Crippen LogP contribution in [-0.2, 0) is 4.79 Å². The molecule has 0 spiro atoms. The molecule has 18 heavy (non-hydrogen) atoms. The van der Waals surface area contributed by atoms with E-state index >= 15 is 0 Å². The summed E-state index contributed by atoms with van der Waals surface area (Å²) in [5.74, 6) is -0.522. The zero-order valence-corrected chi connectivity index (χ0v) is 11.6. The first-order chi connectivity index (χ1) is 8.31. The molecule has 104 valence electrons. The normalized spacial score (nSPS) is 12.0. The average Bonchev–Trinajstić information content (AvgIpc) is 2.21. The molecule has 0 aromatic heterocycles. The van der Waals surface area contributed by atoms with Crippen molar-refractivity contribution in [2.75, 3.05) is 13.1 Å². The van der Waals surface area contributed by atoms with Crippen LogP contribution in [0.15, 0.2) is 11.6 Å². The van der Waals surface area contributed by atoms with Crippen LogP contribution in [-0.4, -0.2) is 30.2 Å². The highest BCUT2D eigenvalue weighted by atomic mass is 35.5. The predicted molar refractivity (Wildman–Crippen MR) is 71.6 cm³/mol. The van der Waals surface area contributed by atoms with Crippen LogP contribution in [0.4, 0.5) is 4.79 Å². The van der Waals surface area contributed by atoms with Gasteiger partial charge in [-0.25, -0.2) is 4.79 Å². The maximum absolute atomic E-state index is 11.4. The van der Waals surface area contributed by atoms with Crippen LogP contribution in [0, 0.1) is 11.8 Å². The molecular weight excluding hydrogens is 256 g/mol. The second-order valence-corrected chi connectivity index (χ2v) is 5.21. The van der Waals surface area contributed by atoms with Crippen LogP contribution < -0.4 is 10.6 Å². The summed E-state index contributed by atoms with van der Waals surface area (Å²) in [5, 5.41) is 14.3. The van der Waals surface area contributed by atoms with Crippen LogP contribution in [0.2, 0.25) is 0 Å². The molecule has 0 aliphatic heterocycles. The van der Waals surface area contributed by atoms with Gasteiger partial charge in [0, 0.05) is 18.0 Å². The van der Waals surface area contributed by atoms with Gasteiger partial charge in [-0.3, -0.25) is 4.79 Å². The lowest BCUT2D eigenvalue weighted by Crippen LogP contribution is -2.39. The van der Waals surface area contributed by atoms with Gasteiger partial charge >= 0.3 is 12.0 Å². The third-order valence-electron chi connectivity index (χ3n) is 2.26. The van der Waals surface area contributed by atoms with Crippen molar-refractivity contribution in [3.05, 3.63) is 11.6 Å². The number of hydrogen-bond acceptors (Lipinski definition) is 2. The number of carbonyl (C=O) groups is 2. The van der Waals surface area contributed by atoms with Gasteiger partial charge in [0.2, 0.25) is 0 Å². The van der Waals surface area contributed by atoms with Crippen molar-refractivity contribution in [2.45, 2.75) is 26.7 Å². The van der Waals surface area contributed by atoms with Crippen molar-refractivity contribution < 1.29 is 14.7 Å². The Balaban J connectivity index is 4.04. The Morgan fingerprint density at radius 2 is 1.94 bits per heavy atom. The van der Waals surface area contributed by atoms with Gasteiger partial charge in [-0.15, -0.1) is 0 Å². The number of hydrogen-bond donors (Lipinski definition) is 3. The molecule has 2 amide bonds. The number of carbonyl (C=O) groups excluding carboxylic acids is 1. The molecule has 0 fully saturated rings. The van der Waals surface area contributed by atoms with E-state index in [1.807, 2.05) is 13.8 Å². The largest absolute Gasteiger partial charge is 0.481 e. The van der Waals surface area contributed by atoms with Crippen molar-refractivity contribution >= 4 is 23.6 Å². The van der Waals surface area contributed by atoms with E-state index in [2.05, 4.69) is 17.2 Å². The zero-order chi connectivity index (χ0) is 14.1. The molecule has 0 aromatic rings. The number of nitrogens with one attached hydrogen (secondary N) is 2. The fourth-order valence-corrected chi connectivity index (χ4v) is 1.69. The molecule has 0 unspecified atom stereocenters. The molecule has 0 aromatic carbocycles. The summed E-state index contributed by atoms with van der Waals surface area (Å²) in [5.41, 5.74) is 0. The minimum absolute atomic E-state index is 0.0562. The fourth-order valence-electron chi connectivity index (χ4n) is 1.63. The number of carboxylic acid groups (broad SMARTS) is 1. The van der Waals surface area contributed by atoms with Crippen molar-refractivity contribution in [1.29, 1.82) is 0 Å². The molecular formula is C12H21ClN2O3. The van der Waals surface area contributed by atoms with E-state index in [9.17, 15) is 9.59 Å². The molecule has 0 aliphatic carbocycles. The third kappa shape index (κ3) is 9.96. The number of urea groups is 1. The van der Waals surface area contributed by atoms with Crippen LogP contribution in [0.5, 0.6) is 0 Å². The van der Waals surface area contributed by atoms with Crippen LogP contribution in [0.1, 0.15) is 26.7 Å². The standard InChI is InChI=1S/C12H21ClN2O3/c1-8(2)4-10(5-11(16)17)7-15-12(18)14-6-9(3)13/h8,10H,3-7H2,1-2H3,(H,16,17)(H2,14,15,18)/t10-/m0/s1. The summed E-state index contributed by atoms with van der Waals surface area (Å²) in [4.78, 5) is 22.0. The van der Waals surface area contributed by atoms with Crippen LogP contribution in [0.25, 0.3) is 0 Å². The van der Waals surface area contributed by atoms with Crippen molar-refractivity contribution in [3.8, 4) is 0 Å². The van der Waals surface area contributed by atoms with Crippen molar-refractivity contribution in [1.82, 2.24) is 10.6 Å². The summed E-state index contributed by atoms with van der Waals surface area (Å²) >= 11 is 5.51. The van der Waals surface area contributed by atoms with Gasteiger partial charge in [0.25, 0.3) is 0 Å². The van der Waals surface area contributed by atoms with Crippen LogP contribution in [0.3, 0.4) is 0 Å². The average molecular weight is 277 g/mol. The molecule has 1 atom stereocenters. The Kier molecular flexibility index (Phi) is 8.20. The number of rotatable bonds is 8. The Morgan fingerprint density at radius 1 is 1.33 bits per heavy atom. The van der Waals surface area contributed by atoms with E-state index < -0.39 is 5.97 Å². The first-order valence-electron chi connectivity index (χ1n) is 5.88. The van der Waals surface area contributed by atoms with E-state index in [1.54, 1.807) is 0 Å². The minimum atomic E-state index is -0.850. The molecule has 6 heteroatoms. The topological polar surface area (TPSA) is 78.4 Å². The maximum Gasteiger partial charge on any atom is 0.315 e. The maximum atomic E-state index is 11.4. The third-order valence-corrected chi connectivity index (χ3v) is 2.39. The zero-order valence-electron chi connectivity index (χ0n) is 10.8. The second kappa shape index (κ2) is 8.80. The summed E-state index contributed by atoms with van der Waals surface area (Å²) in [6, 6.07) is -0.365. The molecule has 0 rings (SSSR count). The summed E-state index contributed by atoms with van der Waals surface area (Å²) in [6.45, 7) is 8.02. The van der Waals surface area contributed by atoms with Gasteiger partial charge in [0.05, 0.1) is 6.54 Å². The van der Waals surface area contributed by atoms with Crippen molar-refractivity contribution in [2.24, 2.45) is 11.8 Å². The summed E-state index contributed by atoms with van der Waals surface area (Å²) < 4.78 is 0. The van der Waals surface area contributed by atoms with Gasteiger partial charge in [-0.2, -0.15) is 0 Å². The molecule has 3 N–H and O–H groups in total. The highest BCUT2D eigenvalue weighted by molar-refractivity contribution is 6.29. The van der Waals surface area contributed by atoms with E-state index in [0.717, 1.165) is 6.42 Å². The highest BCUT2D eigenvalue weighted by Crippen LogP contribution is 2.14. The fraction of sp³-hybridized carbons (Fsp3) is 0.667. The van der Waals surface area contributed by atoms with Gasteiger partial charge in [-0.05, 0) is 18.3 Å². The monoisotopic (exact) mass is 276 g/mol. The number of carboxylic acids is 1. The van der Waals surface area contributed by atoms with E-state index in [1.165, 1.54) is 0 Å². The van der Waals surface area contributed by atoms with E-state index in [-0.39, 0.29) is 24.9 Å². The molecule has 0 saturated heterocycles. The Labute approximate surface area is 113 Å². The quantitative estimate of drug-likeness (QED) is 0.636. The first kappa shape index (κ1) is 16.8. The lowest BCUT2D eigenvalue weighted by atomic mass is 9.94. The minimum Gasteiger partial charge on any atom is -0.481 e. The van der Waals surface area contributed by atoms with Crippen LogP contribution >= 0.6 is 11.6 Å². The molecule has 5 nitrogen and oxygen atoms in total. The summed E-state index contributed by atoms with van der Waals surface area (Å²) in [7, 11) is 0. The Bertz CT molecular complexity index is 306. The number of halogens is 1. The number of aliphatic carboxylic acids is 1. The second-order valence-electron chi connectivity index (χ2n) is 4.67. The van der Waals surface area contributed by atoms with Gasteiger partial charge < -0.3 is 15.7 Å². The van der Waals surface area contributed by atoms with Gasteiger partial charge in [0.15, 0.2) is 0 Å². The molecule has 0 saturated carbocycles. The van der Waals surface area contributed by atoms with Gasteiger partial charge in [0.1, 0.15) is 0 Å². The molecule has 0 heterocycles. The Hall–Kier alpha value is -1.23. The molecule has 0 radical (unpaired) electrons. The first-order valence-corrected chi connectivity index (χ1v) is 6.25. The molecule has 0 aliphatic rings. The van der Waals surface area contributed by atoms with Crippen molar-refractivity contribution in [3.63, 3.8) is 0 Å². The lowest BCUT2D eigenvalue weighted by Gasteiger charge is -2.17.